The Labute approximate surface area is 105 Å². The van der Waals surface area contributed by atoms with Crippen LogP contribution in [0.1, 0.15) is 36.4 Å². The van der Waals surface area contributed by atoms with Gasteiger partial charge in [-0.3, -0.25) is 0 Å². The zero-order valence-corrected chi connectivity index (χ0v) is 11.4. The molecule has 0 saturated heterocycles. The van der Waals surface area contributed by atoms with Crippen molar-refractivity contribution in [2.45, 2.75) is 38.3 Å². The van der Waals surface area contributed by atoms with Crippen LogP contribution in [0.5, 0.6) is 0 Å². The minimum Gasteiger partial charge on any atom is -0.352 e. The average molecular weight is 235 g/mol. The van der Waals surface area contributed by atoms with E-state index in [9.17, 15) is 0 Å². The van der Waals surface area contributed by atoms with Crippen molar-refractivity contribution in [1.82, 2.24) is 14.8 Å². The molecule has 0 aromatic carbocycles. The van der Waals surface area contributed by atoms with Crippen LogP contribution in [0.2, 0.25) is 0 Å². The molecule has 3 nitrogen and oxygen atoms in total. The fourth-order valence-electron chi connectivity index (χ4n) is 2.66. The van der Waals surface area contributed by atoms with E-state index < -0.39 is 0 Å². The lowest BCUT2D eigenvalue weighted by atomic mass is 10.1. The summed E-state index contributed by atoms with van der Waals surface area (Å²) in [5, 5.41) is 3.45. The molecule has 1 aliphatic carbocycles. The molecule has 1 heterocycles. The van der Waals surface area contributed by atoms with Gasteiger partial charge in [0.15, 0.2) is 0 Å². The lowest BCUT2D eigenvalue weighted by Gasteiger charge is -2.13. The van der Waals surface area contributed by atoms with E-state index in [2.05, 4.69) is 48.3 Å². The SMILES string of the molecule is CNC1CCCCc2cn(CCN(C)C)cc21. The molecule has 0 spiro atoms. The second-order valence-corrected chi connectivity index (χ2v) is 5.37. The molecule has 0 bridgehead atoms. The number of nitrogens with zero attached hydrogens (tertiary/aromatic N) is 2. The van der Waals surface area contributed by atoms with Gasteiger partial charge in [0.2, 0.25) is 0 Å². The van der Waals surface area contributed by atoms with Crippen LogP contribution in [-0.4, -0.2) is 37.2 Å². The van der Waals surface area contributed by atoms with Crippen LogP contribution < -0.4 is 5.32 Å². The van der Waals surface area contributed by atoms with Crippen molar-refractivity contribution < 1.29 is 0 Å². The summed E-state index contributed by atoms with van der Waals surface area (Å²) in [5.74, 6) is 0. The van der Waals surface area contributed by atoms with Crippen LogP contribution in [-0.2, 0) is 13.0 Å². The number of likely N-dealkylation sites (N-methyl/N-ethyl adjacent to an activating group) is 1. The van der Waals surface area contributed by atoms with E-state index in [1.807, 2.05) is 0 Å². The van der Waals surface area contributed by atoms with Crippen molar-refractivity contribution in [1.29, 1.82) is 0 Å². The summed E-state index contributed by atoms with van der Waals surface area (Å²) in [4.78, 5) is 2.24. The largest absolute Gasteiger partial charge is 0.352 e. The van der Waals surface area contributed by atoms with Crippen molar-refractivity contribution in [3.63, 3.8) is 0 Å². The molecule has 0 saturated carbocycles. The molecule has 1 aromatic heterocycles. The van der Waals surface area contributed by atoms with Gasteiger partial charge < -0.3 is 14.8 Å². The number of aryl methyl sites for hydroxylation is 1. The Bertz CT molecular complexity index is 354. The molecular formula is C14H25N3. The van der Waals surface area contributed by atoms with Crippen LogP contribution in [0.4, 0.5) is 0 Å². The normalized spacial score (nSPS) is 20.4. The summed E-state index contributed by atoms with van der Waals surface area (Å²) in [6, 6.07) is 0.563. The number of aromatic nitrogens is 1. The minimum absolute atomic E-state index is 0.563. The molecule has 1 atom stereocenters. The average Bonchev–Trinajstić information content (AvgIpc) is 2.61. The van der Waals surface area contributed by atoms with Gasteiger partial charge in [-0.15, -0.1) is 0 Å². The van der Waals surface area contributed by atoms with Crippen LogP contribution in [0, 0.1) is 0 Å². The molecule has 2 rings (SSSR count). The second kappa shape index (κ2) is 5.69. The lowest BCUT2D eigenvalue weighted by molar-refractivity contribution is 0.383. The maximum absolute atomic E-state index is 3.45. The van der Waals surface area contributed by atoms with Crippen LogP contribution in [0.15, 0.2) is 12.4 Å². The summed E-state index contributed by atoms with van der Waals surface area (Å²) in [5.41, 5.74) is 3.09. The Morgan fingerprint density at radius 2 is 2.18 bits per heavy atom. The molecule has 1 N–H and O–H groups in total. The Kier molecular flexibility index (Phi) is 4.24. The first-order valence-corrected chi connectivity index (χ1v) is 6.71. The van der Waals surface area contributed by atoms with Gasteiger partial charge in [-0.2, -0.15) is 0 Å². The van der Waals surface area contributed by atoms with Gasteiger partial charge >= 0.3 is 0 Å². The van der Waals surface area contributed by atoms with Crippen molar-refractivity contribution in [2.24, 2.45) is 0 Å². The molecule has 1 aliphatic rings. The number of fused-ring (bicyclic) bond motifs is 1. The van der Waals surface area contributed by atoms with Gasteiger partial charge in [0.05, 0.1) is 0 Å². The first kappa shape index (κ1) is 12.7. The standard InChI is InChI=1S/C14H25N3/c1-15-14-7-5-4-6-12-10-17(11-13(12)14)9-8-16(2)3/h10-11,14-15H,4-9H2,1-3H3. The summed E-state index contributed by atoms with van der Waals surface area (Å²) in [7, 11) is 6.34. The van der Waals surface area contributed by atoms with Crippen LogP contribution in [0.25, 0.3) is 0 Å². The smallest absolute Gasteiger partial charge is 0.0347 e. The zero-order chi connectivity index (χ0) is 12.3. The second-order valence-electron chi connectivity index (χ2n) is 5.37. The molecule has 96 valence electrons. The van der Waals surface area contributed by atoms with Gasteiger partial charge in [-0.1, -0.05) is 6.42 Å². The molecule has 17 heavy (non-hydrogen) atoms. The molecule has 0 amide bonds. The van der Waals surface area contributed by atoms with E-state index in [0.717, 1.165) is 13.1 Å². The number of nitrogens with one attached hydrogen (secondary N) is 1. The fraction of sp³-hybridized carbons (Fsp3) is 0.714. The molecule has 1 unspecified atom stereocenters. The van der Waals surface area contributed by atoms with Crippen molar-refractivity contribution in [2.75, 3.05) is 27.7 Å². The molecule has 3 heteroatoms. The third kappa shape index (κ3) is 3.11. The van der Waals surface area contributed by atoms with E-state index in [0.29, 0.717) is 6.04 Å². The van der Waals surface area contributed by atoms with Crippen LogP contribution >= 0.6 is 0 Å². The lowest BCUT2D eigenvalue weighted by Crippen LogP contribution is -2.18. The first-order chi connectivity index (χ1) is 8.20. The number of rotatable bonds is 4. The third-order valence-electron chi connectivity index (χ3n) is 3.72. The highest BCUT2D eigenvalue weighted by Gasteiger charge is 2.18. The summed E-state index contributed by atoms with van der Waals surface area (Å²) in [6.45, 7) is 2.20. The highest BCUT2D eigenvalue weighted by Crippen LogP contribution is 2.29. The molecule has 1 aromatic rings. The quantitative estimate of drug-likeness (QED) is 0.806. The number of hydrogen-bond donors (Lipinski definition) is 1. The van der Waals surface area contributed by atoms with Gasteiger partial charge in [0.25, 0.3) is 0 Å². The predicted molar refractivity (Wildman–Crippen MR) is 72.3 cm³/mol. The van der Waals surface area contributed by atoms with Crippen molar-refractivity contribution in [3.05, 3.63) is 23.5 Å². The molecule has 0 radical (unpaired) electrons. The molecule has 0 fully saturated rings. The van der Waals surface area contributed by atoms with E-state index in [1.54, 1.807) is 5.56 Å². The fourth-order valence-corrected chi connectivity index (χ4v) is 2.66. The third-order valence-corrected chi connectivity index (χ3v) is 3.72. The highest BCUT2D eigenvalue weighted by molar-refractivity contribution is 5.29. The van der Waals surface area contributed by atoms with E-state index in [1.165, 1.54) is 31.2 Å². The molecule has 0 aliphatic heterocycles. The van der Waals surface area contributed by atoms with E-state index >= 15 is 0 Å². The summed E-state index contributed by atoms with van der Waals surface area (Å²) in [6.07, 6.45) is 9.92. The summed E-state index contributed by atoms with van der Waals surface area (Å²) < 4.78 is 2.36. The van der Waals surface area contributed by atoms with E-state index in [-0.39, 0.29) is 0 Å². The Balaban J connectivity index is 2.12. The summed E-state index contributed by atoms with van der Waals surface area (Å²) >= 11 is 0. The monoisotopic (exact) mass is 235 g/mol. The minimum atomic E-state index is 0.563. The Morgan fingerprint density at radius 3 is 2.88 bits per heavy atom. The van der Waals surface area contributed by atoms with Gasteiger partial charge in [-0.05, 0) is 51.5 Å². The van der Waals surface area contributed by atoms with Gasteiger partial charge in [-0.25, -0.2) is 0 Å². The zero-order valence-electron chi connectivity index (χ0n) is 11.4. The highest BCUT2D eigenvalue weighted by atomic mass is 15.1. The topological polar surface area (TPSA) is 20.2 Å². The Morgan fingerprint density at radius 1 is 1.35 bits per heavy atom. The predicted octanol–water partition coefficient (Wildman–Crippen LogP) is 2.04. The van der Waals surface area contributed by atoms with Crippen LogP contribution in [0.3, 0.4) is 0 Å². The van der Waals surface area contributed by atoms with Gasteiger partial charge in [0, 0.05) is 31.5 Å². The van der Waals surface area contributed by atoms with E-state index in [4.69, 9.17) is 0 Å². The maximum Gasteiger partial charge on any atom is 0.0347 e. The maximum atomic E-state index is 3.45. The van der Waals surface area contributed by atoms with Gasteiger partial charge in [0.1, 0.15) is 0 Å². The van der Waals surface area contributed by atoms with Crippen molar-refractivity contribution >= 4 is 0 Å². The number of hydrogen-bond acceptors (Lipinski definition) is 2. The first-order valence-electron chi connectivity index (χ1n) is 6.71. The molecular weight excluding hydrogens is 210 g/mol. The van der Waals surface area contributed by atoms with Crippen molar-refractivity contribution in [3.8, 4) is 0 Å². The Hall–Kier alpha value is -0.800.